The number of azo groups is 1. The van der Waals surface area contributed by atoms with E-state index in [2.05, 4.69) is 22.5 Å². The number of hydrogen-bond donors (Lipinski definition) is 3. The highest BCUT2D eigenvalue weighted by Crippen LogP contribution is 2.29. The Bertz CT molecular complexity index is 823. The predicted octanol–water partition coefficient (Wildman–Crippen LogP) is 2.41. The van der Waals surface area contributed by atoms with Gasteiger partial charge in [0.2, 0.25) is 16.1 Å². The third-order valence-corrected chi connectivity index (χ3v) is 5.21. The Labute approximate surface area is 165 Å². The van der Waals surface area contributed by atoms with Crippen LogP contribution in [0.15, 0.2) is 33.3 Å². The van der Waals surface area contributed by atoms with Gasteiger partial charge < -0.3 is 10.4 Å². The van der Waals surface area contributed by atoms with Gasteiger partial charge in [-0.1, -0.05) is 33.1 Å². The number of unbranched alkanes of at least 4 members (excludes halogenated alkanes) is 1. The lowest BCUT2D eigenvalue weighted by Gasteiger charge is -2.16. The van der Waals surface area contributed by atoms with Crippen LogP contribution in [-0.4, -0.2) is 37.8 Å². The summed E-state index contributed by atoms with van der Waals surface area (Å²) in [5.41, 5.74) is -0.208. The monoisotopic (exact) mass is 412 g/mol. The second-order valence-electron chi connectivity index (χ2n) is 6.59. The van der Waals surface area contributed by atoms with Crippen LogP contribution in [0, 0.1) is 5.92 Å². The number of nitrogens with one attached hydrogen (secondary N) is 1. The number of phenols is 1. The summed E-state index contributed by atoms with van der Waals surface area (Å²) >= 11 is 0. The van der Waals surface area contributed by atoms with E-state index < -0.39 is 27.8 Å². The fraction of sp³-hybridized carbons (Fsp3) is 0.556. The average Bonchev–Trinajstić information content (AvgIpc) is 2.62. The molecular formula is C18H28N4O5S. The van der Waals surface area contributed by atoms with Crippen molar-refractivity contribution in [1.82, 2.24) is 5.32 Å². The van der Waals surface area contributed by atoms with Crippen molar-refractivity contribution in [3.63, 3.8) is 0 Å². The van der Waals surface area contributed by atoms with Crippen molar-refractivity contribution in [1.29, 1.82) is 0 Å². The maximum absolute atomic E-state index is 12.3. The lowest BCUT2D eigenvalue weighted by atomic mass is 9.99. The summed E-state index contributed by atoms with van der Waals surface area (Å²) in [6.07, 6.45) is 4.01. The van der Waals surface area contributed by atoms with Gasteiger partial charge in [0.1, 0.15) is 11.4 Å². The van der Waals surface area contributed by atoms with E-state index in [1.807, 2.05) is 6.92 Å². The number of benzene rings is 1. The summed E-state index contributed by atoms with van der Waals surface area (Å²) in [6, 6.07) is 1.83. The molecule has 0 radical (unpaired) electrons. The van der Waals surface area contributed by atoms with Gasteiger partial charge in [-0.3, -0.25) is 9.59 Å². The Morgan fingerprint density at radius 2 is 1.96 bits per heavy atom. The third kappa shape index (κ3) is 7.35. The second kappa shape index (κ2) is 10.9. The summed E-state index contributed by atoms with van der Waals surface area (Å²) in [6.45, 7) is 5.77. The highest BCUT2D eigenvalue weighted by atomic mass is 32.2. The zero-order chi connectivity index (χ0) is 21.3. The number of rotatable bonds is 11. The van der Waals surface area contributed by atoms with Crippen LogP contribution in [0.4, 0.5) is 5.69 Å². The van der Waals surface area contributed by atoms with Crippen LogP contribution in [0.25, 0.3) is 0 Å². The Balaban J connectivity index is 2.93. The van der Waals surface area contributed by atoms with Gasteiger partial charge in [-0.2, -0.15) is 10.2 Å². The molecule has 0 aromatic heterocycles. The second-order valence-corrected chi connectivity index (χ2v) is 8.15. The number of ketones is 1. The Morgan fingerprint density at radius 1 is 1.29 bits per heavy atom. The van der Waals surface area contributed by atoms with Crippen molar-refractivity contribution in [2.45, 2.75) is 57.4 Å². The standard InChI is InChI=1S/C18H28N4O5S/c1-4-6-7-13(5-2)11-20-18(25)17(12(3)23)22-21-15-10-14(28(19,26)27)8-9-16(15)24/h8-10,13,17,24H,4-7,11H2,1-3H3,(H,20,25)(H2,19,26,27). The van der Waals surface area contributed by atoms with E-state index >= 15 is 0 Å². The first-order valence-electron chi connectivity index (χ1n) is 9.14. The van der Waals surface area contributed by atoms with Gasteiger partial charge in [0.05, 0.1) is 4.90 Å². The van der Waals surface area contributed by atoms with Crippen molar-refractivity contribution in [2.75, 3.05) is 6.54 Å². The van der Waals surface area contributed by atoms with Gasteiger partial charge in [-0.05, 0) is 37.5 Å². The van der Waals surface area contributed by atoms with E-state index in [0.717, 1.165) is 43.9 Å². The molecule has 9 nitrogen and oxygen atoms in total. The molecule has 1 aromatic carbocycles. The molecule has 0 bridgehead atoms. The van der Waals surface area contributed by atoms with Crippen molar-refractivity contribution >= 4 is 27.4 Å². The van der Waals surface area contributed by atoms with Crippen LogP contribution in [0.3, 0.4) is 0 Å². The topological polar surface area (TPSA) is 151 Å². The van der Waals surface area contributed by atoms with E-state index in [4.69, 9.17) is 5.14 Å². The van der Waals surface area contributed by atoms with Gasteiger partial charge in [0, 0.05) is 6.54 Å². The van der Waals surface area contributed by atoms with E-state index in [1.54, 1.807) is 0 Å². The number of hydrogen-bond acceptors (Lipinski definition) is 7. The maximum atomic E-state index is 12.3. The molecule has 4 N–H and O–H groups in total. The van der Waals surface area contributed by atoms with Gasteiger partial charge in [-0.15, -0.1) is 0 Å². The van der Waals surface area contributed by atoms with Crippen molar-refractivity contribution in [2.24, 2.45) is 21.3 Å². The van der Waals surface area contributed by atoms with Gasteiger partial charge in [-0.25, -0.2) is 13.6 Å². The number of nitrogens with two attached hydrogens (primary N) is 1. The summed E-state index contributed by atoms with van der Waals surface area (Å²) in [5, 5.41) is 25.0. The minimum Gasteiger partial charge on any atom is -0.506 e. The quantitative estimate of drug-likeness (QED) is 0.376. The van der Waals surface area contributed by atoms with Crippen LogP contribution in [0.5, 0.6) is 5.75 Å². The van der Waals surface area contributed by atoms with Crippen LogP contribution in [0.2, 0.25) is 0 Å². The molecule has 0 aliphatic heterocycles. The Kier molecular flexibility index (Phi) is 9.20. The number of phenolic OH excluding ortho intramolecular Hbond substituents is 1. The first kappa shape index (κ1) is 23.7. The van der Waals surface area contributed by atoms with Gasteiger partial charge in [0.15, 0.2) is 5.78 Å². The van der Waals surface area contributed by atoms with Gasteiger partial charge in [0.25, 0.3) is 5.91 Å². The molecule has 0 fully saturated rings. The van der Waals surface area contributed by atoms with Crippen LogP contribution >= 0.6 is 0 Å². The number of amides is 1. The number of Topliss-reactive ketones (excluding diaryl/α,β-unsaturated/α-hetero) is 1. The molecule has 28 heavy (non-hydrogen) atoms. The van der Waals surface area contributed by atoms with Crippen molar-refractivity contribution in [3.8, 4) is 5.75 Å². The smallest absolute Gasteiger partial charge is 0.254 e. The van der Waals surface area contributed by atoms with E-state index in [0.29, 0.717) is 12.5 Å². The number of aromatic hydroxyl groups is 1. The molecule has 1 aromatic rings. The molecule has 0 heterocycles. The summed E-state index contributed by atoms with van der Waals surface area (Å²) in [7, 11) is -4.00. The fourth-order valence-corrected chi connectivity index (χ4v) is 3.02. The SMILES string of the molecule is CCCCC(CC)CNC(=O)C(N=Nc1cc(S(N)(=O)=O)ccc1O)C(C)=O. The molecule has 156 valence electrons. The minimum atomic E-state index is -4.00. The Morgan fingerprint density at radius 3 is 2.50 bits per heavy atom. The summed E-state index contributed by atoms with van der Waals surface area (Å²) in [4.78, 5) is 23.9. The number of carbonyl (C=O) groups excluding carboxylic acids is 2. The van der Waals surface area contributed by atoms with E-state index in [1.165, 1.54) is 6.92 Å². The lowest BCUT2D eigenvalue weighted by molar-refractivity contribution is -0.129. The van der Waals surface area contributed by atoms with Crippen LogP contribution in [-0.2, 0) is 19.6 Å². The zero-order valence-electron chi connectivity index (χ0n) is 16.4. The largest absolute Gasteiger partial charge is 0.506 e. The number of sulfonamides is 1. The Hall–Kier alpha value is -2.33. The number of primary sulfonamides is 1. The van der Waals surface area contributed by atoms with Gasteiger partial charge >= 0.3 is 0 Å². The lowest BCUT2D eigenvalue weighted by Crippen LogP contribution is -2.39. The zero-order valence-corrected chi connectivity index (χ0v) is 17.2. The molecule has 0 saturated heterocycles. The molecule has 1 amide bonds. The van der Waals surface area contributed by atoms with E-state index in [9.17, 15) is 23.1 Å². The molecule has 2 unspecified atom stereocenters. The summed E-state index contributed by atoms with van der Waals surface area (Å²) < 4.78 is 22.8. The van der Waals surface area contributed by atoms with Crippen LogP contribution in [0.1, 0.15) is 46.5 Å². The number of carbonyl (C=O) groups is 2. The average molecular weight is 413 g/mol. The molecule has 2 atom stereocenters. The van der Waals surface area contributed by atoms with E-state index in [-0.39, 0.29) is 16.3 Å². The molecule has 0 aliphatic rings. The summed E-state index contributed by atoms with van der Waals surface area (Å²) in [5.74, 6) is -1.16. The van der Waals surface area contributed by atoms with Crippen molar-refractivity contribution in [3.05, 3.63) is 18.2 Å². The highest BCUT2D eigenvalue weighted by molar-refractivity contribution is 7.89. The molecule has 0 aliphatic carbocycles. The molecule has 10 heteroatoms. The first-order valence-corrected chi connectivity index (χ1v) is 10.7. The first-order chi connectivity index (χ1) is 13.1. The highest BCUT2D eigenvalue weighted by Gasteiger charge is 2.24. The molecule has 1 rings (SSSR count). The van der Waals surface area contributed by atoms with Crippen LogP contribution < -0.4 is 10.5 Å². The maximum Gasteiger partial charge on any atom is 0.254 e. The molecular weight excluding hydrogens is 384 g/mol. The van der Waals surface area contributed by atoms with Crippen molar-refractivity contribution < 1.29 is 23.1 Å². The minimum absolute atomic E-state index is 0.208. The third-order valence-electron chi connectivity index (χ3n) is 4.30. The number of nitrogens with zero attached hydrogens (tertiary/aromatic N) is 2. The normalized spacial score (nSPS) is 14.0. The fourth-order valence-electron chi connectivity index (χ4n) is 2.48. The molecule has 0 saturated carbocycles. The predicted molar refractivity (Wildman–Crippen MR) is 105 cm³/mol. The molecule has 0 spiro atoms.